The van der Waals surface area contributed by atoms with E-state index in [2.05, 4.69) is 0 Å². The molecule has 0 aliphatic carbocycles. The third-order valence-corrected chi connectivity index (χ3v) is 3.21. The van der Waals surface area contributed by atoms with E-state index in [1.54, 1.807) is 32.2 Å². The lowest BCUT2D eigenvalue weighted by Crippen LogP contribution is -2.33. The highest BCUT2D eigenvalue weighted by Crippen LogP contribution is 2.28. The first-order chi connectivity index (χ1) is 8.90. The lowest BCUT2D eigenvalue weighted by atomic mass is 10.1. The van der Waals surface area contributed by atoms with Gasteiger partial charge in [0.15, 0.2) is 5.76 Å². The molecule has 1 amide bonds. The number of aliphatic hydroxyl groups excluding tert-OH is 1. The molecular formula is C14H16ClNO3. The molecule has 19 heavy (non-hydrogen) atoms. The van der Waals surface area contributed by atoms with Crippen molar-refractivity contribution in [2.24, 2.45) is 0 Å². The van der Waals surface area contributed by atoms with E-state index in [1.165, 1.54) is 4.90 Å². The fourth-order valence-corrected chi connectivity index (χ4v) is 2.22. The van der Waals surface area contributed by atoms with E-state index in [9.17, 15) is 9.90 Å². The zero-order chi connectivity index (χ0) is 14.2. The first-order valence-corrected chi connectivity index (χ1v) is 6.40. The minimum atomic E-state index is -0.576. The van der Waals surface area contributed by atoms with Crippen molar-refractivity contribution in [3.8, 4) is 0 Å². The summed E-state index contributed by atoms with van der Waals surface area (Å²) < 4.78 is 5.59. The van der Waals surface area contributed by atoms with Crippen LogP contribution in [0.25, 0.3) is 11.0 Å². The molecule has 0 radical (unpaired) electrons. The molecule has 0 spiro atoms. The van der Waals surface area contributed by atoms with E-state index < -0.39 is 6.10 Å². The van der Waals surface area contributed by atoms with Crippen LogP contribution in [0.5, 0.6) is 0 Å². The van der Waals surface area contributed by atoms with Crippen LogP contribution < -0.4 is 0 Å². The molecule has 0 bridgehead atoms. The fourth-order valence-electron chi connectivity index (χ4n) is 2.05. The van der Waals surface area contributed by atoms with Crippen LogP contribution in [0.1, 0.15) is 23.0 Å². The number of carbonyl (C=O) groups excluding carboxylic acids is 1. The average Bonchev–Trinajstić information content (AvgIpc) is 2.65. The van der Waals surface area contributed by atoms with Crippen LogP contribution in [-0.4, -0.2) is 35.6 Å². The van der Waals surface area contributed by atoms with Gasteiger partial charge in [0.2, 0.25) is 0 Å². The van der Waals surface area contributed by atoms with Crippen LogP contribution in [0.2, 0.25) is 5.02 Å². The number of fused-ring (bicyclic) bond motifs is 1. The number of nitrogens with zero attached hydrogens (tertiary/aromatic N) is 1. The molecule has 1 aromatic heterocycles. The van der Waals surface area contributed by atoms with Gasteiger partial charge in [-0.25, -0.2) is 0 Å². The van der Waals surface area contributed by atoms with Crippen LogP contribution in [0.15, 0.2) is 22.6 Å². The van der Waals surface area contributed by atoms with Gasteiger partial charge < -0.3 is 14.4 Å². The molecule has 2 aromatic rings. The number of aliphatic hydroxyl groups is 1. The van der Waals surface area contributed by atoms with Gasteiger partial charge >= 0.3 is 0 Å². The second kappa shape index (κ2) is 5.23. The molecule has 102 valence electrons. The van der Waals surface area contributed by atoms with Crippen molar-refractivity contribution < 1.29 is 14.3 Å². The van der Waals surface area contributed by atoms with Crippen LogP contribution in [0.3, 0.4) is 0 Å². The Labute approximate surface area is 116 Å². The zero-order valence-electron chi connectivity index (χ0n) is 11.1. The van der Waals surface area contributed by atoms with Gasteiger partial charge in [-0.3, -0.25) is 4.79 Å². The van der Waals surface area contributed by atoms with Crippen molar-refractivity contribution in [1.29, 1.82) is 0 Å². The van der Waals surface area contributed by atoms with Gasteiger partial charge in [0.25, 0.3) is 5.91 Å². The minimum Gasteiger partial charge on any atom is -0.451 e. The van der Waals surface area contributed by atoms with Crippen molar-refractivity contribution in [1.82, 2.24) is 4.90 Å². The lowest BCUT2D eigenvalue weighted by Gasteiger charge is -2.17. The molecule has 0 saturated carbocycles. The number of likely N-dealkylation sites (N-methyl/N-ethyl adjacent to an activating group) is 1. The summed E-state index contributed by atoms with van der Waals surface area (Å²) in [6.07, 6.45) is -0.576. The van der Waals surface area contributed by atoms with Crippen molar-refractivity contribution in [3.05, 3.63) is 34.5 Å². The van der Waals surface area contributed by atoms with Crippen LogP contribution in [0.4, 0.5) is 0 Å². The Hall–Kier alpha value is -1.52. The molecule has 0 fully saturated rings. The summed E-state index contributed by atoms with van der Waals surface area (Å²) in [5, 5.41) is 10.8. The molecule has 1 atom stereocenters. The van der Waals surface area contributed by atoms with Crippen molar-refractivity contribution >= 4 is 28.5 Å². The molecule has 0 saturated heterocycles. The smallest absolute Gasteiger partial charge is 0.289 e. The van der Waals surface area contributed by atoms with Gasteiger partial charge in [0.05, 0.1) is 6.10 Å². The predicted octanol–water partition coefficient (Wildman–Crippen LogP) is 2.85. The first kappa shape index (κ1) is 13.9. The van der Waals surface area contributed by atoms with Crippen LogP contribution in [0, 0.1) is 6.92 Å². The molecule has 4 nitrogen and oxygen atoms in total. The van der Waals surface area contributed by atoms with Crippen molar-refractivity contribution in [2.45, 2.75) is 20.0 Å². The molecule has 1 unspecified atom stereocenters. The summed E-state index contributed by atoms with van der Waals surface area (Å²) in [7, 11) is 1.63. The van der Waals surface area contributed by atoms with E-state index >= 15 is 0 Å². The molecular weight excluding hydrogens is 266 g/mol. The quantitative estimate of drug-likeness (QED) is 0.941. The maximum absolute atomic E-state index is 12.2. The number of rotatable bonds is 3. The Balaban J connectivity index is 2.40. The van der Waals surface area contributed by atoms with E-state index in [0.29, 0.717) is 16.4 Å². The largest absolute Gasteiger partial charge is 0.451 e. The summed E-state index contributed by atoms with van der Waals surface area (Å²) in [5.74, 6) is 0.0474. The molecule has 1 N–H and O–H groups in total. The third-order valence-electron chi connectivity index (χ3n) is 2.98. The van der Waals surface area contributed by atoms with E-state index in [0.717, 1.165) is 10.9 Å². The fraction of sp³-hybridized carbons (Fsp3) is 0.357. The molecule has 5 heteroatoms. The van der Waals surface area contributed by atoms with Gasteiger partial charge in [0.1, 0.15) is 5.58 Å². The monoisotopic (exact) mass is 281 g/mol. The Bertz CT molecular complexity index is 618. The normalized spacial score (nSPS) is 12.7. The second-order valence-corrected chi connectivity index (χ2v) is 5.17. The van der Waals surface area contributed by atoms with Gasteiger partial charge in [-0.05, 0) is 32.0 Å². The summed E-state index contributed by atoms with van der Waals surface area (Å²) in [6, 6.07) is 5.25. The number of carbonyl (C=O) groups is 1. The Morgan fingerprint density at radius 3 is 2.84 bits per heavy atom. The predicted molar refractivity (Wildman–Crippen MR) is 74.6 cm³/mol. The zero-order valence-corrected chi connectivity index (χ0v) is 11.9. The highest BCUT2D eigenvalue weighted by atomic mass is 35.5. The molecule has 1 aromatic carbocycles. The second-order valence-electron chi connectivity index (χ2n) is 4.73. The molecule has 2 rings (SSSR count). The number of hydrogen-bond acceptors (Lipinski definition) is 3. The van der Waals surface area contributed by atoms with Gasteiger partial charge in [-0.15, -0.1) is 0 Å². The maximum atomic E-state index is 12.2. The molecule has 1 heterocycles. The standard InChI is InChI=1S/C14H16ClNO3/c1-8(17)7-16(3)14(18)13-9(2)11-6-10(15)4-5-12(11)19-13/h4-6,8,17H,7H2,1-3H3. The summed E-state index contributed by atoms with van der Waals surface area (Å²) in [5.41, 5.74) is 1.40. The van der Waals surface area contributed by atoms with Crippen molar-refractivity contribution in [3.63, 3.8) is 0 Å². The topological polar surface area (TPSA) is 53.7 Å². The minimum absolute atomic E-state index is 0.245. The molecule has 0 aliphatic rings. The number of benzene rings is 1. The number of hydrogen-bond donors (Lipinski definition) is 1. The van der Waals surface area contributed by atoms with E-state index in [-0.39, 0.29) is 12.5 Å². The molecule has 0 aliphatic heterocycles. The highest BCUT2D eigenvalue weighted by Gasteiger charge is 2.21. The SMILES string of the molecule is Cc1c(C(=O)N(C)CC(C)O)oc2ccc(Cl)cc12. The van der Waals surface area contributed by atoms with Gasteiger partial charge in [-0.2, -0.15) is 0 Å². The summed E-state index contributed by atoms with van der Waals surface area (Å²) >= 11 is 5.94. The average molecular weight is 282 g/mol. The summed E-state index contributed by atoms with van der Waals surface area (Å²) in [6.45, 7) is 3.72. The summed E-state index contributed by atoms with van der Waals surface area (Å²) in [4.78, 5) is 13.7. The lowest BCUT2D eigenvalue weighted by molar-refractivity contribution is 0.0675. The van der Waals surface area contributed by atoms with Crippen molar-refractivity contribution in [2.75, 3.05) is 13.6 Å². The number of halogens is 1. The number of aryl methyl sites for hydroxylation is 1. The van der Waals surface area contributed by atoms with Gasteiger partial charge in [0, 0.05) is 29.6 Å². The maximum Gasteiger partial charge on any atom is 0.289 e. The Morgan fingerprint density at radius 1 is 1.53 bits per heavy atom. The Morgan fingerprint density at radius 2 is 2.21 bits per heavy atom. The highest BCUT2D eigenvalue weighted by molar-refractivity contribution is 6.31. The first-order valence-electron chi connectivity index (χ1n) is 6.02. The van der Waals surface area contributed by atoms with E-state index in [4.69, 9.17) is 16.0 Å². The number of furan rings is 1. The van der Waals surface area contributed by atoms with Crippen LogP contribution >= 0.6 is 11.6 Å². The van der Waals surface area contributed by atoms with Gasteiger partial charge in [-0.1, -0.05) is 11.6 Å². The van der Waals surface area contributed by atoms with E-state index in [1.807, 2.05) is 6.92 Å². The van der Waals surface area contributed by atoms with Crippen LogP contribution in [-0.2, 0) is 0 Å². The number of amides is 1. The Kier molecular flexibility index (Phi) is 3.83. The third kappa shape index (κ3) is 2.74.